The van der Waals surface area contributed by atoms with Crippen LogP contribution in [-0.4, -0.2) is 68.4 Å². The number of urea groups is 1. The molecule has 0 bridgehead atoms. The molecule has 122 valence electrons. The van der Waals surface area contributed by atoms with Crippen LogP contribution in [0.5, 0.6) is 0 Å². The van der Waals surface area contributed by atoms with Gasteiger partial charge in [-0.05, 0) is 45.2 Å². The molecule has 0 radical (unpaired) electrons. The van der Waals surface area contributed by atoms with Gasteiger partial charge < -0.3 is 25.4 Å². The number of carboxylic acid groups (broad SMARTS) is 1. The zero-order valence-electron chi connectivity index (χ0n) is 12.9. The van der Waals surface area contributed by atoms with Gasteiger partial charge in [0.1, 0.15) is 6.04 Å². The maximum absolute atomic E-state index is 11.8. The zero-order chi connectivity index (χ0) is 15.7. The minimum Gasteiger partial charge on any atom is -0.480 e. The predicted molar refractivity (Wildman–Crippen MR) is 79.3 cm³/mol. The van der Waals surface area contributed by atoms with E-state index < -0.39 is 18.0 Å². The Morgan fingerprint density at radius 2 is 2.24 bits per heavy atom. The minimum absolute atomic E-state index is 0.364. The lowest BCUT2D eigenvalue weighted by atomic mass is 9.99. The third-order valence-electron chi connectivity index (χ3n) is 3.72. The average molecular weight is 301 g/mol. The molecular weight excluding hydrogens is 274 g/mol. The lowest BCUT2D eigenvalue weighted by molar-refractivity contribution is -0.139. The Kier molecular flexibility index (Phi) is 8.07. The molecule has 0 aliphatic carbocycles. The minimum atomic E-state index is -1.02. The Labute approximate surface area is 126 Å². The highest BCUT2D eigenvalue weighted by molar-refractivity contribution is 5.82. The molecule has 0 saturated carbocycles. The van der Waals surface area contributed by atoms with Gasteiger partial charge in [-0.2, -0.15) is 0 Å². The first-order valence-corrected chi connectivity index (χ1v) is 7.47. The van der Waals surface area contributed by atoms with Crippen molar-refractivity contribution in [3.8, 4) is 0 Å². The highest BCUT2D eigenvalue weighted by Gasteiger charge is 2.21. The van der Waals surface area contributed by atoms with Crippen molar-refractivity contribution in [2.24, 2.45) is 5.92 Å². The van der Waals surface area contributed by atoms with E-state index in [2.05, 4.69) is 22.6 Å². The van der Waals surface area contributed by atoms with Crippen molar-refractivity contribution < 1.29 is 19.4 Å². The summed E-state index contributed by atoms with van der Waals surface area (Å²) < 4.78 is 4.89. The van der Waals surface area contributed by atoms with E-state index in [9.17, 15) is 9.59 Å². The first kappa shape index (κ1) is 17.7. The number of amides is 2. The van der Waals surface area contributed by atoms with E-state index >= 15 is 0 Å². The number of rotatable bonds is 8. The van der Waals surface area contributed by atoms with Gasteiger partial charge in [0.2, 0.25) is 0 Å². The number of carboxylic acids is 1. The fraction of sp³-hybridized carbons (Fsp3) is 0.857. The molecule has 2 atom stereocenters. The average Bonchev–Trinajstić information content (AvgIpc) is 2.44. The van der Waals surface area contributed by atoms with Crippen molar-refractivity contribution in [3.05, 3.63) is 0 Å². The van der Waals surface area contributed by atoms with Crippen LogP contribution in [0.4, 0.5) is 4.79 Å². The van der Waals surface area contributed by atoms with E-state index in [1.807, 2.05) is 0 Å². The maximum Gasteiger partial charge on any atom is 0.326 e. The third kappa shape index (κ3) is 7.29. The number of carbonyl (C=O) groups excluding carboxylic acids is 1. The van der Waals surface area contributed by atoms with Gasteiger partial charge in [-0.3, -0.25) is 0 Å². The predicted octanol–water partition coefficient (Wildman–Crippen LogP) is 0.507. The zero-order valence-corrected chi connectivity index (χ0v) is 12.9. The Morgan fingerprint density at radius 1 is 1.48 bits per heavy atom. The molecule has 0 aromatic rings. The van der Waals surface area contributed by atoms with Gasteiger partial charge in [-0.1, -0.05) is 0 Å². The first-order valence-electron chi connectivity index (χ1n) is 7.47. The molecule has 1 fully saturated rings. The van der Waals surface area contributed by atoms with Crippen LogP contribution in [0.2, 0.25) is 0 Å². The first-order chi connectivity index (χ1) is 10.0. The summed E-state index contributed by atoms with van der Waals surface area (Å²) in [7, 11) is 3.64. The molecule has 1 saturated heterocycles. The summed E-state index contributed by atoms with van der Waals surface area (Å²) in [5.74, 6) is -0.579. The van der Waals surface area contributed by atoms with Crippen LogP contribution in [0, 0.1) is 5.92 Å². The number of carbonyl (C=O) groups is 2. The molecule has 3 N–H and O–H groups in total. The summed E-state index contributed by atoms with van der Waals surface area (Å²) in [6.45, 7) is 3.14. The van der Waals surface area contributed by atoms with Crippen LogP contribution in [0.15, 0.2) is 0 Å². The normalized spacial score (nSPS) is 20.8. The fourth-order valence-electron chi connectivity index (χ4n) is 2.58. The second-order valence-electron chi connectivity index (χ2n) is 5.65. The monoisotopic (exact) mass is 301 g/mol. The summed E-state index contributed by atoms with van der Waals surface area (Å²) in [6, 6.07) is -1.28. The van der Waals surface area contributed by atoms with E-state index in [0.29, 0.717) is 31.9 Å². The van der Waals surface area contributed by atoms with Crippen LogP contribution in [0.1, 0.15) is 25.7 Å². The molecule has 1 aliphatic rings. The van der Waals surface area contributed by atoms with Crippen molar-refractivity contribution in [2.45, 2.75) is 31.7 Å². The van der Waals surface area contributed by atoms with E-state index in [0.717, 1.165) is 25.9 Å². The van der Waals surface area contributed by atoms with Crippen LogP contribution in [0.3, 0.4) is 0 Å². The summed E-state index contributed by atoms with van der Waals surface area (Å²) >= 11 is 0. The smallest absolute Gasteiger partial charge is 0.326 e. The van der Waals surface area contributed by atoms with Crippen LogP contribution in [0.25, 0.3) is 0 Å². The van der Waals surface area contributed by atoms with Gasteiger partial charge in [0.15, 0.2) is 0 Å². The number of nitrogens with one attached hydrogen (secondary N) is 2. The van der Waals surface area contributed by atoms with Gasteiger partial charge in [0.05, 0.1) is 0 Å². The van der Waals surface area contributed by atoms with Crippen molar-refractivity contribution in [1.29, 1.82) is 0 Å². The van der Waals surface area contributed by atoms with Crippen LogP contribution >= 0.6 is 0 Å². The lowest BCUT2D eigenvalue weighted by Gasteiger charge is -2.29. The maximum atomic E-state index is 11.8. The molecular formula is C14H27N3O4. The number of aliphatic carboxylic acids is 1. The molecule has 2 unspecified atom stereocenters. The topological polar surface area (TPSA) is 90.9 Å². The molecule has 1 aliphatic heterocycles. The molecule has 2 amide bonds. The highest BCUT2D eigenvalue weighted by Crippen LogP contribution is 2.13. The molecule has 21 heavy (non-hydrogen) atoms. The second kappa shape index (κ2) is 9.57. The standard InChI is InChI=1S/C14H27N3O4/c1-17-7-3-5-11(10-17)9-15-14(20)16-12(13(18)19)6-4-8-21-2/h11-12H,3-10H2,1-2H3,(H,18,19)(H2,15,16,20). The number of ether oxygens (including phenoxy) is 1. The molecule has 0 aromatic heterocycles. The van der Waals surface area contributed by atoms with Gasteiger partial charge in [-0.25, -0.2) is 9.59 Å². The van der Waals surface area contributed by atoms with Crippen molar-refractivity contribution in [3.63, 3.8) is 0 Å². The summed E-state index contributed by atoms with van der Waals surface area (Å²) in [5, 5.41) is 14.4. The lowest BCUT2D eigenvalue weighted by Crippen LogP contribution is -2.48. The molecule has 1 heterocycles. The largest absolute Gasteiger partial charge is 0.480 e. The molecule has 0 aromatic carbocycles. The SMILES string of the molecule is COCCCC(NC(=O)NCC1CCCN(C)C1)C(=O)O. The van der Waals surface area contributed by atoms with Gasteiger partial charge in [0, 0.05) is 26.8 Å². The second-order valence-corrected chi connectivity index (χ2v) is 5.65. The van der Waals surface area contributed by atoms with E-state index in [4.69, 9.17) is 9.84 Å². The number of hydrogen-bond donors (Lipinski definition) is 3. The number of piperidine rings is 1. The van der Waals surface area contributed by atoms with Gasteiger partial charge in [-0.15, -0.1) is 0 Å². The molecule has 1 rings (SSSR count). The number of likely N-dealkylation sites (tertiary alicyclic amines) is 1. The van der Waals surface area contributed by atoms with Gasteiger partial charge >= 0.3 is 12.0 Å². The molecule has 7 nitrogen and oxygen atoms in total. The van der Waals surface area contributed by atoms with Crippen LogP contribution in [-0.2, 0) is 9.53 Å². The Morgan fingerprint density at radius 3 is 2.86 bits per heavy atom. The molecule has 7 heteroatoms. The number of hydrogen-bond acceptors (Lipinski definition) is 4. The summed E-state index contributed by atoms with van der Waals surface area (Å²) in [4.78, 5) is 25.1. The summed E-state index contributed by atoms with van der Waals surface area (Å²) in [5.41, 5.74) is 0. The van der Waals surface area contributed by atoms with E-state index in [-0.39, 0.29) is 0 Å². The fourth-order valence-corrected chi connectivity index (χ4v) is 2.58. The van der Waals surface area contributed by atoms with Crippen LogP contribution < -0.4 is 10.6 Å². The highest BCUT2D eigenvalue weighted by atomic mass is 16.5. The number of nitrogens with zero attached hydrogens (tertiary/aromatic N) is 1. The third-order valence-corrected chi connectivity index (χ3v) is 3.72. The number of methoxy groups -OCH3 is 1. The summed E-state index contributed by atoms with van der Waals surface area (Å²) in [6.07, 6.45) is 3.20. The van der Waals surface area contributed by atoms with Crippen molar-refractivity contribution >= 4 is 12.0 Å². The van der Waals surface area contributed by atoms with Crippen molar-refractivity contribution in [2.75, 3.05) is 40.4 Å². The van der Waals surface area contributed by atoms with Gasteiger partial charge in [0.25, 0.3) is 0 Å². The van der Waals surface area contributed by atoms with E-state index in [1.54, 1.807) is 7.11 Å². The molecule has 0 spiro atoms. The Hall–Kier alpha value is -1.34. The Balaban J connectivity index is 2.27. The van der Waals surface area contributed by atoms with E-state index in [1.165, 1.54) is 0 Å². The quantitative estimate of drug-likeness (QED) is 0.568. The Bertz CT molecular complexity index is 338. The van der Waals surface area contributed by atoms with Crippen molar-refractivity contribution in [1.82, 2.24) is 15.5 Å².